The number of aromatic hydroxyl groups is 2. The number of carbonyl (C=O) groups is 1. The van der Waals surface area contributed by atoms with Crippen LogP contribution in [0.5, 0.6) is 11.5 Å². The second kappa shape index (κ2) is 6.61. The van der Waals surface area contributed by atoms with Crippen LogP contribution >= 0.6 is 0 Å². The minimum atomic E-state index is -0.120. The highest BCUT2D eigenvalue weighted by atomic mass is 16.3. The third-order valence-electron chi connectivity index (χ3n) is 3.62. The zero-order valence-electron chi connectivity index (χ0n) is 11.8. The van der Waals surface area contributed by atoms with E-state index in [0.717, 1.165) is 32.4 Å². The third-order valence-corrected chi connectivity index (χ3v) is 3.62. The average molecular weight is 278 g/mol. The minimum absolute atomic E-state index is 0.0879. The SMILES string of the molecule is CCCN(C(=O)c1cc(O)cc(O)c1)C1CCNCC1. The van der Waals surface area contributed by atoms with Gasteiger partial charge in [0.1, 0.15) is 11.5 Å². The van der Waals surface area contributed by atoms with Crippen LogP contribution in [0.15, 0.2) is 18.2 Å². The van der Waals surface area contributed by atoms with E-state index in [1.165, 1.54) is 18.2 Å². The number of nitrogens with one attached hydrogen (secondary N) is 1. The van der Waals surface area contributed by atoms with Crippen LogP contribution in [0.1, 0.15) is 36.5 Å². The maximum atomic E-state index is 12.6. The summed E-state index contributed by atoms with van der Waals surface area (Å²) in [4.78, 5) is 14.5. The smallest absolute Gasteiger partial charge is 0.254 e. The second-order valence-electron chi connectivity index (χ2n) is 5.22. The van der Waals surface area contributed by atoms with Crippen LogP contribution in [0.3, 0.4) is 0 Å². The molecule has 2 rings (SSSR count). The molecule has 1 fully saturated rings. The molecule has 0 saturated carbocycles. The van der Waals surface area contributed by atoms with Crippen molar-refractivity contribution in [3.63, 3.8) is 0 Å². The lowest BCUT2D eigenvalue weighted by Crippen LogP contribution is -2.46. The largest absolute Gasteiger partial charge is 0.508 e. The Morgan fingerprint density at radius 3 is 2.40 bits per heavy atom. The molecular weight excluding hydrogens is 256 g/mol. The first-order chi connectivity index (χ1) is 9.61. The number of nitrogens with zero attached hydrogens (tertiary/aromatic N) is 1. The molecule has 0 unspecified atom stereocenters. The summed E-state index contributed by atoms with van der Waals surface area (Å²) in [5.41, 5.74) is 0.342. The van der Waals surface area contributed by atoms with Crippen LogP contribution in [-0.2, 0) is 0 Å². The highest BCUT2D eigenvalue weighted by Gasteiger charge is 2.25. The first-order valence-corrected chi connectivity index (χ1v) is 7.16. The zero-order chi connectivity index (χ0) is 14.5. The molecule has 1 amide bonds. The van der Waals surface area contributed by atoms with E-state index < -0.39 is 0 Å². The molecular formula is C15H22N2O3. The molecule has 20 heavy (non-hydrogen) atoms. The van der Waals surface area contributed by atoms with Crippen LogP contribution < -0.4 is 5.32 Å². The molecule has 5 heteroatoms. The summed E-state index contributed by atoms with van der Waals surface area (Å²) >= 11 is 0. The minimum Gasteiger partial charge on any atom is -0.508 e. The molecule has 1 aliphatic rings. The highest BCUT2D eigenvalue weighted by molar-refractivity contribution is 5.95. The van der Waals surface area contributed by atoms with Crippen molar-refractivity contribution in [2.75, 3.05) is 19.6 Å². The molecule has 0 aromatic heterocycles. The van der Waals surface area contributed by atoms with Gasteiger partial charge in [0.05, 0.1) is 0 Å². The van der Waals surface area contributed by atoms with Crippen molar-refractivity contribution in [2.24, 2.45) is 0 Å². The predicted molar refractivity (Wildman–Crippen MR) is 77.0 cm³/mol. The van der Waals surface area contributed by atoms with Gasteiger partial charge in [-0.15, -0.1) is 0 Å². The number of rotatable bonds is 4. The topological polar surface area (TPSA) is 72.8 Å². The summed E-state index contributed by atoms with van der Waals surface area (Å²) in [6.45, 7) is 4.58. The van der Waals surface area contributed by atoms with E-state index in [0.29, 0.717) is 12.1 Å². The van der Waals surface area contributed by atoms with E-state index >= 15 is 0 Å². The van der Waals surface area contributed by atoms with Gasteiger partial charge in [0.25, 0.3) is 5.91 Å². The van der Waals surface area contributed by atoms with Gasteiger partial charge in [-0.1, -0.05) is 6.92 Å². The number of benzene rings is 1. The summed E-state index contributed by atoms with van der Waals surface area (Å²) in [5, 5.41) is 22.3. The van der Waals surface area contributed by atoms with Gasteiger partial charge in [0.15, 0.2) is 0 Å². The standard InChI is InChI=1S/C15H22N2O3/c1-2-7-17(12-3-5-16-6-4-12)15(20)11-8-13(18)10-14(19)9-11/h8-10,12,16,18-19H,2-7H2,1H3. The molecule has 1 heterocycles. The molecule has 110 valence electrons. The second-order valence-corrected chi connectivity index (χ2v) is 5.22. The first kappa shape index (κ1) is 14.7. The van der Waals surface area contributed by atoms with Gasteiger partial charge >= 0.3 is 0 Å². The van der Waals surface area contributed by atoms with Crippen LogP contribution in [0.25, 0.3) is 0 Å². The van der Waals surface area contributed by atoms with Gasteiger partial charge in [-0.05, 0) is 44.5 Å². The van der Waals surface area contributed by atoms with Gasteiger partial charge in [-0.2, -0.15) is 0 Å². The number of phenolic OH excluding ortho intramolecular Hbond substituents is 2. The van der Waals surface area contributed by atoms with E-state index in [-0.39, 0.29) is 23.4 Å². The lowest BCUT2D eigenvalue weighted by molar-refractivity contribution is 0.0642. The summed E-state index contributed by atoms with van der Waals surface area (Å²) in [5.74, 6) is -0.296. The van der Waals surface area contributed by atoms with Crippen LogP contribution in [0.4, 0.5) is 0 Å². The normalized spacial score (nSPS) is 16.1. The number of carbonyl (C=O) groups excluding carboxylic acids is 1. The van der Waals surface area contributed by atoms with Crippen molar-refractivity contribution in [3.05, 3.63) is 23.8 Å². The Bertz CT molecular complexity index is 450. The Kier molecular flexibility index (Phi) is 4.84. The number of phenols is 2. The van der Waals surface area contributed by atoms with Crippen molar-refractivity contribution < 1.29 is 15.0 Å². The molecule has 0 atom stereocenters. The van der Waals surface area contributed by atoms with Crippen molar-refractivity contribution >= 4 is 5.91 Å². The Labute approximate surface area is 119 Å². The van der Waals surface area contributed by atoms with Gasteiger partial charge < -0.3 is 20.4 Å². The quantitative estimate of drug-likeness (QED) is 0.784. The monoisotopic (exact) mass is 278 g/mol. The lowest BCUT2D eigenvalue weighted by atomic mass is 10.0. The fourth-order valence-electron chi connectivity index (χ4n) is 2.69. The van der Waals surface area contributed by atoms with Crippen LogP contribution in [-0.4, -0.2) is 46.7 Å². The molecule has 1 aliphatic heterocycles. The van der Waals surface area contributed by atoms with E-state index in [1.54, 1.807) is 0 Å². The van der Waals surface area contributed by atoms with E-state index in [2.05, 4.69) is 5.32 Å². The average Bonchev–Trinajstić information content (AvgIpc) is 2.44. The number of piperidine rings is 1. The lowest BCUT2D eigenvalue weighted by Gasteiger charge is -2.34. The maximum Gasteiger partial charge on any atom is 0.254 e. The molecule has 0 spiro atoms. The Morgan fingerprint density at radius 1 is 1.25 bits per heavy atom. The molecule has 1 aromatic rings. The van der Waals surface area contributed by atoms with Gasteiger partial charge in [-0.25, -0.2) is 0 Å². The summed E-state index contributed by atoms with van der Waals surface area (Å²) in [6.07, 6.45) is 2.77. The number of hydrogen-bond donors (Lipinski definition) is 3. The molecule has 1 aromatic carbocycles. The van der Waals surface area contributed by atoms with Crippen LogP contribution in [0.2, 0.25) is 0 Å². The van der Waals surface area contributed by atoms with Crippen molar-refractivity contribution in [2.45, 2.75) is 32.2 Å². The Balaban J connectivity index is 2.20. The van der Waals surface area contributed by atoms with E-state index in [1.807, 2.05) is 11.8 Å². The van der Waals surface area contributed by atoms with E-state index in [9.17, 15) is 15.0 Å². The fraction of sp³-hybridized carbons (Fsp3) is 0.533. The predicted octanol–water partition coefficient (Wildman–Crippen LogP) is 1.70. The van der Waals surface area contributed by atoms with Crippen molar-refractivity contribution in [1.82, 2.24) is 10.2 Å². The highest BCUT2D eigenvalue weighted by Crippen LogP contribution is 2.23. The molecule has 3 N–H and O–H groups in total. The van der Waals surface area contributed by atoms with Crippen molar-refractivity contribution in [1.29, 1.82) is 0 Å². The van der Waals surface area contributed by atoms with Gasteiger partial charge in [0.2, 0.25) is 0 Å². The summed E-state index contributed by atoms with van der Waals surface area (Å²) in [6, 6.07) is 4.27. The van der Waals surface area contributed by atoms with Gasteiger partial charge in [-0.3, -0.25) is 4.79 Å². The first-order valence-electron chi connectivity index (χ1n) is 7.16. The molecule has 0 radical (unpaired) electrons. The molecule has 5 nitrogen and oxygen atoms in total. The molecule has 0 aliphatic carbocycles. The summed E-state index contributed by atoms with van der Waals surface area (Å²) in [7, 11) is 0. The molecule has 1 saturated heterocycles. The zero-order valence-corrected chi connectivity index (χ0v) is 11.8. The van der Waals surface area contributed by atoms with Gasteiger partial charge in [0, 0.05) is 24.2 Å². The number of amides is 1. The van der Waals surface area contributed by atoms with E-state index in [4.69, 9.17) is 0 Å². The van der Waals surface area contributed by atoms with Crippen molar-refractivity contribution in [3.8, 4) is 11.5 Å². The molecule has 0 bridgehead atoms. The Hall–Kier alpha value is -1.75. The van der Waals surface area contributed by atoms with Crippen LogP contribution in [0, 0.1) is 0 Å². The fourth-order valence-corrected chi connectivity index (χ4v) is 2.69. The Morgan fingerprint density at radius 2 is 1.85 bits per heavy atom. The summed E-state index contributed by atoms with van der Waals surface area (Å²) < 4.78 is 0. The number of hydrogen-bond acceptors (Lipinski definition) is 4. The third kappa shape index (κ3) is 3.42. The maximum absolute atomic E-state index is 12.6.